The molecule has 0 aromatic carbocycles. The van der Waals surface area contributed by atoms with E-state index < -0.39 is 11.5 Å². The third-order valence-corrected chi connectivity index (χ3v) is 2.17. The number of carbonyl (C=O) groups is 1. The van der Waals surface area contributed by atoms with E-state index in [4.69, 9.17) is 0 Å². The quantitative estimate of drug-likeness (QED) is 0.702. The van der Waals surface area contributed by atoms with Gasteiger partial charge in [0.15, 0.2) is 5.67 Å². The molecule has 0 amide bonds. The highest BCUT2D eigenvalue weighted by Gasteiger charge is 2.30. The van der Waals surface area contributed by atoms with Crippen LogP contribution in [0.3, 0.4) is 0 Å². The minimum Gasteiger partial charge on any atom is -0.358 e. The minimum absolute atomic E-state index is 0.380. The predicted octanol–water partition coefficient (Wildman–Crippen LogP) is 2.56. The lowest BCUT2D eigenvalue weighted by atomic mass is 10.00. The summed E-state index contributed by atoms with van der Waals surface area (Å²) in [5.74, 6) is -0.488. The van der Waals surface area contributed by atoms with E-state index in [0.29, 0.717) is 5.69 Å². The molecule has 1 heterocycles. The summed E-state index contributed by atoms with van der Waals surface area (Å²) in [5, 5.41) is 0. The number of aromatic amines is 1. The highest BCUT2D eigenvalue weighted by Crippen LogP contribution is 2.20. The SMILES string of the molecule is Cc1c[nH]c(C(=O)C(C)(C)F)c1C. The number of carbonyl (C=O) groups excluding carboxylic acids is 1. The number of rotatable bonds is 2. The molecule has 0 atom stereocenters. The molecule has 3 heteroatoms. The lowest BCUT2D eigenvalue weighted by molar-refractivity contribution is 0.0754. The predicted molar refractivity (Wildman–Crippen MR) is 49.8 cm³/mol. The first-order valence-electron chi connectivity index (χ1n) is 4.22. The van der Waals surface area contributed by atoms with Crippen LogP contribution in [0.1, 0.15) is 35.5 Å². The van der Waals surface area contributed by atoms with E-state index in [0.717, 1.165) is 11.1 Å². The Labute approximate surface area is 77.2 Å². The van der Waals surface area contributed by atoms with Crippen molar-refractivity contribution < 1.29 is 9.18 Å². The molecule has 0 aliphatic rings. The Morgan fingerprint density at radius 2 is 2.00 bits per heavy atom. The van der Waals surface area contributed by atoms with Crippen molar-refractivity contribution in [2.45, 2.75) is 33.4 Å². The van der Waals surface area contributed by atoms with Crippen LogP contribution in [0.5, 0.6) is 0 Å². The van der Waals surface area contributed by atoms with Crippen molar-refractivity contribution in [2.75, 3.05) is 0 Å². The molecule has 2 nitrogen and oxygen atoms in total. The van der Waals surface area contributed by atoms with Crippen LogP contribution in [-0.2, 0) is 0 Å². The molecule has 13 heavy (non-hydrogen) atoms. The van der Waals surface area contributed by atoms with Gasteiger partial charge in [0, 0.05) is 6.20 Å². The Hall–Kier alpha value is -1.12. The number of alkyl halides is 1. The van der Waals surface area contributed by atoms with Crippen LogP contribution in [0.15, 0.2) is 6.20 Å². The molecular weight excluding hydrogens is 169 g/mol. The fourth-order valence-corrected chi connectivity index (χ4v) is 1.13. The highest BCUT2D eigenvalue weighted by molar-refractivity contribution is 6.01. The van der Waals surface area contributed by atoms with Crippen molar-refractivity contribution in [3.8, 4) is 0 Å². The first kappa shape index (κ1) is 9.96. The maximum Gasteiger partial charge on any atom is 0.215 e. The monoisotopic (exact) mass is 183 g/mol. The molecule has 0 radical (unpaired) electrons. The number of ketones is 1. The Morgan fingerprint density at radius 1 is 1.46 bits per heavy atom. The van der Waals surface area contributed by atoms with Crippen LogP contribution in [0.2, 0.25) is 0 Å². The van der Waals surface area contributed by atoms with Crippen LogP contribution in [0.25, 0.3) is 0 Å². The molecule has 1 N–H and O–H groups in total. The van der Waals surface area contributed by atoms with Gasteiger partial charge in [-0.15, -0.1) is 0 Å². The van der Waals surface area contributed by atoms with E-state index in [1.54, 1.807) is 6.20 Å². The Balaban J connectivity index is 3.10. The topological polar surface area (TPSA) is 32.9 Å². The van der Waals surface area contributed by atoms with Gasteiger partial charge in [-0.3, -0.25) is 4.79 Å². The molecule has 0 saturated heterocycles. The van der Waals surface area contributed by atoms with E-state index >= 15 is 0 Å². The van der Waals surface area contributed by atoms with Gasteiger partial charge in [0.2, 0.25) is 5.78 Å². The standard InChI is InChI=1S/C10H14FNO/c1-6-5-12-8(7(6)2)9(13)10(3,4)11/h5,12H,1-4H3. The van der Waals surface area contributed by atoms with Crippen molar-refractivity contribution in [3.63, 3.8) is 0 Å². The molecular formula is C10H14FNO. The molecule has 1 aromatic heterocycles. The zero-order valence-corrected chi connectivity index (χ0v) is 8.36. The molecule has 0 aliphatic carbocycles. The number of Topliss-reactive ketones (excluding diaryl/α,β-unsaturated/α-hetero) is 1. The van der Waals surface area contributed by atoms with Crippen molar-refractivity contribution in [1.82, 2.24) is 4.98 Å². The summed E-state index contributed by atoms with van der Waals surface area (Å²) in [5.41, 5.74) is 0.385. The van der Waals surface area contributed by atoms with Gasteiger partial charge in [-0.05, 0) is 38.8 Å². The maximum absolute atomic E-state index is 13.3. The second-order valence-corrected chi connectivity index (χ2v) is 3.77. The summed E-state index contributed by atoms with van der Waals surface area (Å²) in [6.07, 6.45) is 1.72. The summed E-state index contributed by atoms with van der Waals surface area (Å²) in [7, 11) is 0. The van der Waals surface area contributed by atoms with Crippen LogP contribution < -0.4 is 0 Å². The third-order valence-electron chi connectivity index (χ3n) is 2.17. The number of halogens is 1. The molecule has 0 saturated carbocycles. The van der Waals surface area contributed by atoms with Crippen LogP contribution in [0, 0.1) is 13.8 Å². The molecule has 0 unspecified atom stereocenters. The van der Waals surface area contributed by atoms with Gasteiger partial charge < -0.3 is 4.98 Å². The number of nitrogens with one attached hydrogen (secondary N) is 1. The van der Waals surface area contributed by atoms with Crippen LogP contribution in [0.4, 0.5) is 4.39 Å². The van der Waals surface area contributed by atoms with E-state index in [-0.39, 0.29) is 0 Å². The summed E-state index contributed by atoms with van der Waals surface area (Å²) in [6.45, 7) is 6.23. The fourth-order valence-electron chi connectivity index (χ4n) is 1.13. The van der Waals surface area contributed by atoms with Gasteiger partial charge in [0.05, 0.1) is 5.69 Å². The zero-order valence-electron chi connectivity index (χ0n) is 8.36. The van der Waals surface area contributed by atoms with Gasteiger partial charge in [0.25, 0.3) is 0 Å². The largest absolute Gasteiger partial charge is 0.358 e. The number of hydrogen-bond acceptors (Lipinski definition) is 1. The second kappa shape index (κ2) is 2.98. The van der Waals surface area contributed by atoms with E-state index in [9.17, 15) is 9.18 Å². The lowest BCUT2D eigenvalue weighted by Gasteiger charge is -2.11. The Morgan fingerprint density at radius 3 is 2.31 bits per heavy atom. The molecule has 0 fully saturated rings. The smallest absolute Gasteiger partial charge is 0.215 e. The average molecular weight is 183 g/mol. The van der Waals surface area contributed by atoms with E-state index in [2.05, 4.69) is 4.98 Å². The van der Waals surface area contributed by atoms with Gasteiger partial charge in [-0.2, -0.15) is 0 Å². The first-order valence-corrected chi connectivity index (χ1v) is 4.22. The van der Waals surface area contributed by atoms with Crippen LogP contribution in [-0.4, -0.2) is 16.4 Å². The molecule has 72 valence electrons. The Kier molecular flexibility index (Phi) is 2.28. The lowest BCUT2D eigenvalue weighted by Crippen LogP contribution is -2.26. The van der Waals surface area contributed by atoms with E-state index in [1.165, 1.54) is 13.8 Å². The average Bonchev–Trinajstić information content (AvgIpc) is 2.30. The first-order chi connectivity index (χ1) is 5.84. The summed E-state index contributed by atoms with van der Waals surface area (Å²) >= 11 is 0. The maximum atomic E-state index is 13.3. The molecule has 0 aliphatic heterocycles. The second-order valence-electron chi connectivity index (χ2n) is 3.77. The van der Waals surface area contributed by atoms with Crippen molar-refractivity contribution in [3.05, 3.63) is 23.0 Å². The highest BCUT2D eigenvalue weighted by atomic mass is 19.1. The summed E-state index contributed by atoms with van der Waals surface area (Å²) in [6, 6.07) is 0. The van der Waals surface area contributed by atoms with Gasteiger partial charge in [0.1, 0.15) is 0 Å². The van der Waals surface area contributed by atoms with Gasteiger partial charge in [-0.25, -0.2) is 4.39 Å². The minimum atomic E-state index is -1.80. The van der Waals surface area contributed by atoms with Gasteiger partial charge in [-0.1, -0.05) is 0 Å². The van der Waals surface area contributed by atoms with Crippen LogP contribution >= 0.6 is 0 Å². The third kappa shape index (κ3) is 1.79. The normalized spacial score (nSPS) is 11.8. The van der Waals surface area contributed by atoms with E-state index in [1.807, 2.05) is 13.8 Å². The zero-order chi connectivity index (χ0) is 10.2. The molecule has 1 aromatic rings. The van der Waals surface area contributed by atoms with Gasteiger partial charge >= 0.3 is 0 Å². The Bertz CT molecular complexity index is 333. The number of aryl methyl sites for hydroxylation is 1. The van der Waals surface area contributed by atoms with Crippen molar-refractivity contribution in [2.24, 2.45) is 0 Å². The van der Waals surface area contributed by atoms with Crippen molar-refractivity contribution >= 4 is 5.78 Å². The fraction of sp³-hybridized carbons (Fsp3) is 0.500. The van der Waals surface area contributed by atoms with Crippen molar-refractivity contribution in [1.29, 1.82) is 0 Å². The number of hydrogen-bond donors (Lipinski definition) is 1. The summed E-state index contributed by atoms with van der Waals surface area (Å²) < 4.78 is 13.3. The number of H-pyrrole nitrogens is 1. The molecule has 0 spiro atoms. The molecule has 1 rings (SSSR count). The number of aromatic nitrogens is 1. The summed E-state index contributed by atoms with van der Waals surface area (Å²) in [4.78, 5) is 14.3. The molecule has 0 bridgehead atoms.